The second-order valence-corrected chi connectivity index (χ2v) is 4.55. The van der Waals surface area contributed by atoms with Crippen LogP contribution in [0.4, 0.5) is 0 Å². The van der Waals surface area contributed by atoms with Gasteiger partial charge in [0.15, 0.2) is 0 Å². The number of hydrogen-bond acceptors (Lipinski definition) is 4. The predicted molar refractivity (Wildman–Crippen MR) is 76.0 cm³/mol. The molecule has 0 bridgehead atoms. The monoisotopic (exact) mass is 299 g/mol. The third kappa shape index (κ3) is 5.48. The summed E-state index contributed by atoms with van der Waals surface area (Å²) in [5.74, 6) is -0.152. The van der Waals surface area contributed by atoms with E-state index in [1.807, 2.05) is 6.92 Å². The molecule has 0 saturated carbocycles. The maximum absolute atomic E-state index is 11.6. The largest absolute Gasteiger partial charge is 0.492 e. The minimum Gasteiger partial charge on any atom is -0.492 e. The summed E-state index contributed by atoms with van der Waals surface area (Å²) in [4.78, 5) is 22.5. The van der Waals surface area contributed by atoms with Gasteiger partial charge in [0, 0.05) is 0 Å². The van der Waals surface area contributed by atoms with E-state index >= 15 is 0 Å². The lowest BCUT2D eigenvalue weighted by molar-refractivity contribution is -0.141. The zero-order valence-corrected chi connectivity index (χ0v) is 12.3. The highest BCUT2D eigenvalue weighted by Gasteiger charge is 2.08. The third-order valence-electron chi connectivity index (χ3n) is 2.48. The minimum absolute atomic E-state index is 0.138. The molecule has 0 saturated heterocycles. The molecule has 0 fully saturated rings. The lowest BCUT2D eigenvalue weighted by Gasteiger charge is -2.09. The fourth-order valence-electron chi connectivity index (χ4n) is 1.47. The number of ether oxygens (including phenoxy) is 2. The highest BCUT2D eigenvalue weighted by atomic mass is 35.5. The number of carbonyl (C=O) groups is 2. The molecule has 0 radical (unpaired) electrons. The van der Waals surface area contributed by atoms with Crippen LogP contribution in [0.25, 0.3) is 0 Å². The van der Waals surface area contributed by atoms with Gasteiger partial charge in [-0.3, -0.25) is 9.59 Å². The molecule has 0 heterocycles. The van der Waals surface area contributed by atoms with Gasteiger partial charge in [0.25, 0.3) is 0 Å². The first kappa shape index (κ1) is 16.3. The van der Waals surface area contributed by atoms with E-state index < -0.39 is 5.97 Å². The van der Waals surface area contributed by atoms with Crippen molar-refractivity contribution in [2.75, 3.05) is 20.3 Å². The van der Waals surface area contributed by atoms with Crippen LogP contribution in [0.5, 0.6) is 5.75 Å². The first-order chi connectivity index (χ1) is 9.56. The Morgan fingerprint density at radius 3 is 2.70 bits per heavy atom. The molecule has 0 aliphatic heterocycles. The van der Waals surface area contributed by atoms with Crippen molar-refractivity contribution < 1.29 is 19.1 Å². The number of esters is 1. The SMILES string of the molecule is CCCOc1ccc(CC(=O)NCC(=O)OC)cc1Cl. The van der Waals surface area contributed by atoms with Crippen molar-refractivity contribution in [2.24, 2.45) is 0 Å². The van der Waals surface area contributed by atoms with Gasteiger partial charge in [-0.1, -0.05) is 24.6 Å². The van der Waals surface area contributed by atoms with Gasteiger partial charge < -0.3 is 14.8 Å². The summed E-state index contributed by atoms with van der Waals surface area (Å²) in [5.41, 5.74) is 0.751. The molecule has 6 heteroatoms. The van der Waals surface area contributed by atoms with Crippen molar-refractivity contribution in [1.82, 2.24) is 5.32 Å². The quantitative estimate of drug-likeness (QED) is 0.782. The number of methoxy groups -OCH3 is 1. The summed E-state index contributed by atoms with van der Waals surface area (Å²) in [6.45, 7) is 2.47. The van der Waals surface area contributed by atoms with Gasteiger partial charge in [0.05, 0.1) is 25.2 Å². The molecule has 1 amide bonds. The van der Waals surface area contributed by atoms with E-state index in [4.69, 9.17) is 16.3 Å². The molecule has 1 aromatic rings. The minimum atomic E-state index is -0.486. The van der Waals surface area contributed by atoms with Crippen LogP contribution in [0.1, 0.15) is 18.9 Å². The standard InChI is InChI=1S/C14H18ClNO4/c1-3-6-20-12-5-4-10(7-11(12)15)8-13(17)16-9-14(18)19-2/h4-5,7H,3,6,8-9H2,1-2H3,(H,16,17). The number of nitrogens with one attached hydrogen (secondary N) is 1. The third-order valence-corrected chi connectivity index (χ3v) is 2.78. The molecule has 1 rings (SSSR count). The van der Waals surface area contributed by atoms with Crippen LogP contribution in [0.2, 0.25) is 5.02 Å². The molecule has 0 aromatic heterocycles. The van der Waals surface area contributed by atoms with Gasteiger partial charge in [-0.15, -0.1) is 0 Å². The maximum atomic E-state index is 11.6. The Kier molecular flexibility index (Phi) is 6.87. The first-order valence-electron chi connectivity index (χ1n) is 6.31. The molecule has 0 aliphatic carbocycles. The topological polar surface area (TPSA) is 64.6 Å². The number of carbonyl (C=O) groups excluding carboxylic acids is 2. The van der Waals surface area contributed by atoms with E-state index in [0.29, 0.717) is 17.4 Å². The van der Waals surface area contributed by atoms with Gasteiger partial charge >= 0.3 is 5.97 Å². The summed E-state index contributed by atoms with van der Waals surface area (Å²) in [6, 6.07) is 5.19. The van der Waals surface area contributed by atoms with E-state index in [2.05, 4.69) is 10.1 Å². The van der Waals surface area contributed by atoms with Crippen LogP contribution in [-0.2, 0) is 20.7 Å². The lowest BCUT2D eigenvalue weighted by atomic mass is 10.1. The van der Waals surface area contributed by atoms with Crippen molar-refractivity contribution >= 4 is 23.5 Å². The van der Waals surface area contributed by atoms with E-state index in [1.54, 1.807) is 18.2 Å². The fraction of sp³-hybridized carbons (Fsp3) is 0.429. The Morgan fingerprint density at radius 1 is 1.35 bits per heavy atom. The molecule has 1 N–H and O–H groups in total. The Hall–Kier alpha value is -1.75. The number of rotatable bonds is 7. The molecule has 0 spiro atoms. The summed E-state index contributed by atoms with van der Waals surface area (Å²) in [6.07, 6.45) is 1.04. The average Bonchev–Trinajstić information content (AvgIpc) is 2.44. The number of benzene rings is 1. The van der Waals surface area contributed by atoms with Gasteiger partial charge in [-0.05, 0) is 24.1 Å². The zero-order valence-electron chi connectivity index (χ0n) is 11.6. The number of hydrogen-bond donors (Lipinski definition) is 1. The molecular weight excluding hydrogens is 282 g/mol. The lowest BCUT2D eigenvalue weighted by Crippen LogP contribution is -2.31. The van der Waals surface area contributed by atoms with Gasteiger partial charge in [0.2, 0.25) is 5.91 Å². The Bertz CT molecular complexity index is 476. The van der Waals surface area contributed by atoms with Crippen LogP contribution >= 0.6 is 11.6 Å². The van der Waals surface area contributed by atoms with Crippen LogP contribution in [0.15, 0.2) is 18.2 Å². The van der Waals surface area contributed by atoms with Crippen LogP contribution in [0, 0.1) is 0 Å². The zero-order chi connectivity index (χ0) is 15.0. The van der Waals surface area contributed by atoms with Crippen molar-refractivity contribution in [3.8, 4) is 5.75 Å². The molecule has 0 atom stereocenters. The van der Waals surface area contributed by atoms with Crippen molar-refractivity contribution in [3.63, 3.8) is 0 Å². The number of halogens is 1. The van der Waals surface area contributed by atoms with E-state index in [-0.39, 0.29) is 18.9 Å². The average molecular weight is 300 g/mol. The molecule has 110 valence electrons. The smallest absolute Gasteiger partial charge is 0.325 e. The summed E-state index contributed by atoms with van der Waals surface area (Å²) in [7, 11) is 1.27. The second kappa shape index (κ2) is 8.43. The molecular formula is C14H18ClNO4. The van der Waals surface area contributed by atoms with Gasteiger partial charge in [-0.25, -0.2) is 0 Å². The molecule has 0 unspecified atom stereocenters. The summed E-state index contributed by atoms with van der Waals surface area (Å²) in [5, 5.41) is 2.93. The van der Waals surface area contributed by atoms with Crippen molar-refractivity contribution in [2.45, 2.75) is 19.8 Å². The molecule has 1 aromatic carbocycles. The maximum Gasteiger partial charge on any atom is 0.325 e. The van der Waals surface area contributed by atoms with Crippen LogP contribution < -0.4 is 10.1 Å². The van der Waals surface area contributed by atoms with Gasteiger partial charge in [-0.2, -0.15) is 0 Å². The first-order valence-corrected chi connectivity index (χ1v) is 6.69. The predicted octanol–water partition coefficient (Wildman–Crippen LogP) is 1.96. The van der Waals surface area contributed by atoms with E-state index in [9.17, 15) is 9.59 Å². The Labute approximate surface area is 123 Å². The van der Waals surface area contributed by atoms with Crippen LogP contribution in [-0.4, -0.2) is 32.1 Å². The fourth-order valence-corrected chi connectivity index (χ4v) is 1.73. The Morgan fingerprint density at radius 2 is 2.10 bits per heavy atom. The second-order valence-electron chi connectivity index (χ2n) is 4.14. The van der Waals surface area contributed by atoms with Crippen LogP contribution in [0.3, 0.4) is 0 Å². The Balaban J connectivity index is 2.53. The van der Waals surface area contributed by atoms with Crippen molar-refractivity contribution in [3.05, 3.63) is 28.8 Å². The molecule has 0 aliphatic rings. The summed E-state index contributed by atoms with van der Waals surface area (Å²) < 4.78 is 9.88. The summed E-state index contributed by atoms with van der Waals surface area (Å²) >= 11 is 6.07. The molecule has 20 heavy (non-hydrogen) atoms. The van der Waals surface area contributed by atoms with E-state index in [0.717, 1.165) is 12.0 Å². The number of amides is 1. The van der Waals surface area contributed by atoms with Gasteiger partial charge in [0.1, 0.15) is 12.3 Å². The highest BCUT2D eigenvalue weighted by molar-refractivity contribution is 6.32. The van der Waals surface area contributed by atoms with Crippen molar-refractivity contribution in [1.29, 1.82) is 0 Å². The van der Waals surface area contributed by atoms with E-state index in [1.165, 1.54) is 7.11 Å². The normalized spacial score (nSPS) is 9.95. The highest BCUT2D eigenvalue weighted by Crippen LogP contribution is 2.25. The molecule has 5 nitrogen and oxygen atoms in total.